The fraction of sp³-hybridized carbons (Fsp3) is 0.250. The Morgan fingerprint density at radius 2 is 2.14 bits per heavy atom. The minimum absolute atomic E-state index is 0.000648. The van der Waals surface area contributed by atoms with Gasteiger partial charge in [0.15, 0.2) is 5.78 Å². The van der Waals surface area contributed by atoms with Crippen LogP contribution in [0.1, 0.15) is 17.3 Å². The lowest BCUT2D eigenvalue weighted by molar-refractivity contribution is 0.0659. The Morgan fingerprint density at radius 1 is 1.50 bits per heavy atom. The fourth-order valence-electron chi connectivity index (χ4n) is 0.983. The van der Waals surface area contributed by atoms with E-state index in [2.05, 4.69) is 6.58 Å². The number of Topliss-reactive ketones (excluding diaryl/α,β-unsaturated/α-hetero) is 1. The van der Waals surface area contributed by atoms with Gasteiger partial charge in [-0.15, -0.1) is 6.58 Å². The van der Waals surface area contributed by atoms with Gasteiger partial charge in [0.25, 0.3) is 0 Å². The third-order valence-electron chi connectivity index (χ3n) is 1.91. The monoisotopic (exact) mass is 190 g/mol. The maximum Gasteiger partial charge on any atom is 0.188 e. The maximum atomic E-state index is 11.5. The third kappa shape index (κ3) is 3.15. The van der Waals surface area contributed by atoms with Crippen LogP contribution in [-0.4, -0.2) is 18.5 Å². The average Bonchev–Trinajstić information content (AvgIpc) is 2.26. The van der Waals surface area contributed by atoms with Gasteiger partial charge >= 0.3 is 0 Å². The zero-order valence-corrected chi connectivity index (χ0v) is 8.27. The van der Waals surface area contributed by atoms with Crippen molar-refractivity contribution >= 4 is 5.78 Å². The molecule has 0 aliphatic rings. The lowest BCUT2D eigenvalue weighted by Crippen LogP contribution is -2.13. The van der Waals surface area contributed by atoms with E-state index in [-0.39, 0.29) is 18.5 Å². The van der Waals surface area contributed by atoms with Crippen LogP contribution in [0.4, 0.5) is 0 Å². The summed E-state index contributed by atoms with van der Waals surface area (Å²) in [4.78, 5) is 11.5. The van der Waals surface area contributed by atoms with Crippen molar-refractivity contribution in [2.24, 2.45) is 0 Å². The van der Waals surface area contributed by atoms with Crippen molar-refractivity contribution in [3.05, 3.63) is 48.6 Å². The van der Waals surface area contributed by atoms with Crippen LogP contribution in [0.25, 0.3) is 0 Å². The molecule has 2 nitrogen and oxygen atoms in total. The molecule has 0 amide bonds. The number of ketones is 1. The van der Waals surface area contributed by atoms with Crippen LogP contribution >= 0.6 is 0 Å². The van der Waals surface area contributed by atoms with E-state index in [4.69, 9.17) is 4.74 Å². The quantitative estimate of drug-likeness (QED) is 0.526. The Balaban J connectivity index is 2.47. The zero-order valence-electron chi connectivity index (χ0n) is 8.27. The van der Waals surface area contributed by atoms with E-state index in [1.165, 1.54) is 0 Å². The summed E-state index contributed by atoms with van der Waals surface area (Å²) in [6, 6.07) is 9.12. The summed E-state index contributed by atoms with van der Waals surface area (Å²) in [5.41, 5.74) is 0.684. The van der Waals surface area contributed by atoms with Crippen molar-refractivity contribution < 1.29 is 9.53 Å². The van der Waals surface area contributed by atoms with Gasteiger partial charge in [-0.05, 0) is 6.92 Å². The number of hydrogen-bond donors (Lipinski definition) is 0. The second kappa shape index (κ2) is 5.35. The van der Waals surface area contributed by atoms with Gasteiger partial charge in [0.2, 0.25) is 0 Å². The molecule has 0 unspecified atom stereocenters. The average molecular weight is 190 g/mol. The number of hydrogen-bond acceptors (Lipinski definition) is 2. The van der Waals surface area contributed by atoms with Crippen LogP contribution in [0.2, 0.25) is 0 Å². The highest BCUT2D eigenvalue weighted by Crippen LogP contribution is 2.01. The van der Waals surface area contributed by atoms with E-state index in [1.54, 1.807) is 18.2 Å². The summed E-state index contributed by atoms with van der Waals surface area (Å²) < 4.78 is 5.24. The van der Waals surface area contributed by atoms with Crippen molar-refractivity contribution in [3.8, 4) is 0 Å². The van der Waals surface area contributed by atoms with Crippen LogP contribution in [0.15, 0.2) is 43.0 Å². The first-order valence-electron chi connectivity index (χ1n) is 4.56. The summed E-state index contributed by atoms with van der Waals surface area (Å²) >= 11 is 0. The smallest absolute Gasteiger partial charge is 0.188 e. The Hall–Kier alpha value is -1.41. The molecule has 74 valence electrons. The van der Waals surface area contributed by atoms with E-state index in [9.17, 15) is 4.79 Å². The molecule has 1 atom stereocenters. The van der Waals surface area contributed by atoms with Gasteiger partial charge in [-0.3, -0.25) is 4.79 Å². The SMILES string of the molecule is C=C[C@H](C)OCC(=O)c1ccccc1. The molecule has 0 fully saturated rings. The predicted molar refractivity (Wildman–Crippen MR) is 56.4 cm³/mol. The van der Waals surface area contributed by atoms with E-state index in [1.807, 2.05) is 25.1 Å². The van der Waals surface area contributed by atoms with Gasteiger partial charge in [-0.25, -0.2) is 0 Å². The summed E-state index contributed by atoms with van der Waals surface area (Å²) in [7, 11) is 0. The molecule has 1 aromatic rings. The summed E-state index contributed by atoms with van der Waals surface area (Å²) in [6.07, 6.45) is 1.58. The van der Waals surface area contributed by atoms with Gasteiger partial charge in [0, 0.05) is 5.56 Å². The minimum atomic E-state index is -0.0809. The lowest BCUT2D eigenvalue weighted by atomic mass is 10.1. The van der Waals surface area contributed by atoms with Crippen LogP contribution in [-0.2, 0) is 4.74 Å². The molecule has 14 heavy (non-hydrogen) atoms. The molecule has 1 aromatic carbocycles. The molecule has 1 rings (SSSR count). The topological polar surface area (TPSA) is 26.3 Å². The van der Waals surface area contributed by atoms with E-state index >= 15 is 0 Å². The lowest BCUT2D eigenvalue weighted by Gasteiger charge is -2.06. The molecular formula is C12H14O2. The van der Waals surface area contributed by atoms with E-state index in [0.29, 0.717) is 5.56 Å². The molecule has 0 aliphatic carbocycles. The number of carbonyl (C=O) groups is 1. The van der Waals surface area contributed by atoms with Crippen LogP contribution in [0, 0.1) is 0 Å². The molecule has 0 saturated heterocycles. The normalized spacial score (nSPS) is 12.1. The number of rotatable bonds is 5. The van der Waals surface area contributed by atoms with Gasteiger partial charge in [-0.1, -0.05) is 36.4 Å². The Labute approximate surface area is 84.2 Å². The first-order valence-corrected chi connectivity index (χ1v) is 4.56. The number of carbonyl (C=O) groups excluding carboxylic acids is 1. The van der Waals surface area contributed by atoms with Crippen molar-refractivity contribution in [1.29, 1.82) is 0 Å². The summed E-state index contributed by atoms with van der Waals surface area (Å²) in [5, 5.41) is 0. The summed E-state index contributed by atoms with van der Waals surface area (Å²) in [6.45, 7) is 5.54. The first kappa shape index (κ1) is 10.7. The van der Waals surface area contributed by atoms with Gasteiger partial charge in [-0.2, -0.15) is 0 Å². The van der Waals surface area contributed by atoms with Crippen molar-refractivity contribution in [2.45, 2.75) is 13.0 Å². The molecule has 0 heterocycles. The van der Waals surface area contributed by atoms with Crippen molar-refractivity contribution in [3.63, 3.8) is 0 Å². The molecule has 0 aromatic heterocycles. The molecule has 0 radical (unpaired) electrons. The largest absolute Gasteiger partial charge is 0.366 e. The molecule has 0 saturated carbocycles. The Kier molecular flexibility index (Phi) is 4.08. The zero-order chi connectivity index (χ0) is 10.4. The number of benzene rings is 1. The first-order chi connectivity index (χ1) is 6.74. The fourth-order valence-corrected chi connectivity index (χ4v) is 0.983. The van der Waals surface area contributed by atoms with Crippen LogP contribution < -0.4 is 0 Å². The van der Waals surface area contributed by atoms with E-state index in [0.717, 1.165) is 0 Å². The Bertz CT molecular complexity index is 303. The van der Waals surface area contributed by atoms with Crippen LogP contribution in [0.3, 0.4) is 0 Å². The van der Waals surface area contributed by atoms with Gasteiger partial charge < -0.3 is 4.74 Å². The highest BCUT2D eigenvalue weighted by Gasteiger charge is 2.06. The molecule has 0 N–H and O–H groups in total. The van der Waals surface area contributed by atoms with Crippen molar-refractivity contribution in [1.82, 2.24) is 0 Å². The predicted octanol–water partition coefficient (Wildman–Crippen LogP) is 2.46. The third-order valence-corrected chi connectivity index (χ3v) is 1.91. The molecule has 2 heteroatoms. The summed E-state index contributed by atoms with van der Waals surface area (Å²) in [5.74, 6) is -0.000648. The standard InChI is InChI=1S/C12H14O2/c1-3-10(2)14-9-12(13)11-7-5-4-6-8-11/h3-8,10H,1,9H2,2H3/t10-/m0/s1. The Morgan fingerprint density at radius 3 is 2.71 bits per heavy atom. The van der Waals surface area contributed by atoms with Gasteiger partial charge in [0.1, 0.15) is 6.61 Å². The highest BCUT2D eigenvalue weighted by molar-refractivity contribution is 5.97. The second-order valence-electron chi connectivity index (χ2n) is 3.04. The molecule has 0 bridgehead atoms. The van der Waals surface area contributed by atoms with E-state index < -0.39 is 0 Å². The van der Waals surface area contributed by atoms with Crippen LogP contribution in [0.5, 0.6) is 0 Å². The maximum absolute atomic E-state index is 11.5. The molecule has 0 spiro atoms. The number of ether oxygens (including phenoxy) is 1. The molecular weight excluding hydrogens is 176 g/mol. The minimum Gasteiger partial charge on any atom is -0.366 e. The van der Waals surface area contributed by atoms with Crippen molar-refractivity contribution in [2.75, 3.05) is 6.61 Å². The van der Waals surface area contributed by atoms with Gasteiger partial charge in [0.05, 0.1) is 6.10 Å². The highest BCUT2D eigenvalue weighted by atomic mass is 16.5. The second-order valence-corrected chi connectivity index (χ2v) is 3.04. The molecule has 0 aliphatic heterocycles.